The summed E-state index contributed by atoms with van der Waals surface area (Å²) in [5.74, 6) is 0.112. The van der Waals surface area contributed by atoms with Crippen LogP contribution in [0.25, 0.3) is 0 Å². The van der Waals surface area contributed by atoms with Crippen LogP contribution in [0.15, 0.2) is 83.8 Å². The number of aryl methyl sites for hydroxylation is 1. The van der Waals surface area contributed by atoms with Gasteiger partial charge in [0, 0.05) is 19.0 Å². The highest BCUT2D eigenvalue weighted by molar-refractivity contribution is 7.89. The number of anilines is 1. The van der Waals surface area contributed by atoms with E-state index in [1.54, 1.807) is 35.2 Å². The van der Waals surface area contributed by atoms with Crippen molar-refractivity contribution in [3.8, 4) is 5.75 Å². The SMILES string of the molecule is O=C(NCCc1ccccc1)C1CN(C(=O)CCc2ccc(S(=O)(=O)NC3CCCCC3)cc2)c2ccccc2O1. The van der Waals surface area contributed by atoms with Crippen molar-refractivity contribution in [1.82, 2.24) is 10.0 Å². The first-order valence-corrected chi connectivity index (χ1v) is 15.9. The third-order valence-corrected chi connectivity index (χ3v) is 9.25. The van der Waals surface area contributed by atoms with Crippen molar-refractivity contribution in [2.24, 2.45) is 0 Å². The van der Waals surface area contributed by atoms with Gasteiger partial charge in [-0.15, -0.1) is 0 Å². The Kier molecular flexibility index (Phi) is 9.36. The second-order valence-electron chi connectivity index (χ2n) is 10.7. The number of rotatable bonds is 10. The number of benzene rings is 3. The average molecular weight is 576 g/mol. The second kappa shape index (κ2) is 13.3. The quantitative estimate of drug-likeness (QED) is 0.373. The second-order valence-corrected chi connectivity index (χ2v) is 12.4. The normalized spacial score (nSPS) is 17.4. The van der Waals surface area contributed by atoms with Gasteiger partial charge in [0.2, 0.25) is 15.9 Å². The molecule has 1 fully saturated rings. The summed E-state index contributed by atoms with van der Waals surface area (Å²) in [6.07, 6.45) is 5.55. The molecule has 5 rings (SSSR count). The first-order chi connectivity index (χ1) is 19.9. The first-order valence-electron chi connectivity index (χ1n) is 14.4. The maximum absolute atomic E-state index is 13.4. The lowest BCUT2D eigenvalue weighted by Crippen LogP contribution is -2.51. The molecule has 2 amide bonds. The van der Waals surface area contributed by atoms with Crippen LogP contribution in [0.1, 0.15) is 49.7 Å². The van der Waals surface area contributed by atoms with Crippen molar-refractivity contribution in [1.29, 1.82) is 0 Å². The molecule has 0 bridgehead atoms. The highest BCUT2D eigenvalue weighted by Gasteiger charge is 2.33. The number of hydrogen-bond acceptors (Lipinski definition) is 5. The molecule has 0 saturated heterocycles. The summed E-state index contributed by atoms with van der Waals surface area (Å²) >= 11 is 0. The molecule has 1 atom stereocenters. The highest BCUT2D eigenvalue weighted by Crippen LogP contribution is 2.33. The van der Waals surface area contributed by atoms with Crippen LogP contribution in [0, 0.1) is 0 Å². The van der Waals surface area contributed by atoms with Crippen molar-refractivity contribution in [2.45, 2.75) is 68.4 Å². The number of fused-ring (bicyclic) bond motifs is 1. The number of sulfonamides is 1. The van der Waals surface area contributed by atoms with Gasteiger partial charge in [-0.2, -0.15) is 0 Å². The van der Waals surface area contributed by atoms with E-state index in [0.29, 0.717) is 30.8 Å². The third-order valence-electron chi connectivity index (χ3n) is 7.71. The van der Waals surface area contributed by atoms with Gasteiger partial charge < -0.3 is 15.0 Å². The fourth-order valence-electron chi connectivity index (χ4n) is 5.43. The van der Waals surface area contributed by atoms with Crippen LogP contribution < -0.4 is 19.7 Å². The van der Waals surface area contributed by atoms with Crippen molar-refractivity contribution in [3.05, 3.63) is 90.0 Å². The fraction of sp³-hybridized carbons (Fsp3) is 0.375. The topological polar surface area (TPSA) is 105 Å². The number of carbonyl (C=O) groups is 2. The van der Waals surface area contributed by atoms with Gasteiger partial charge in [-0.1, -0.05) is 73.9 Å². The zero-order valence-corrected chi connectivity index (χ0v) is 23.9. The molecule has 8 nitrogen and oxygen atoms in total. The van der Waals surface area contributed by atoms with E-state index in [4.69, 9.17) is 4.74 Å². The standard InChI is InChI=1S/C32H37N3O5S/c36-31(20-17-25-15-18-27(19-16-25)41(38,39)34-26-11-5-2-6-12-26)35-23-30(40-29-14-8-7-13-28(29)35)32(37)33-22-21-24-9-3-1-4-10-24/h1,3-4,7-10,13-16,18-19,26,30,34H,2,5-6,11-12,17,20-23H2,(H,33,37). The Bertz CT molecular complexity index is 1440. The fourth-order valence-corrected chi connectivity index (χ4v) is 6.73. The van der Waals surface area contributed by atoms with Gasteiger partial charge >= 0.3 is 0 Å². The summed E-state index contributed by atoms with van der Waals surface area (Å²) in [7, 11) is -3.57. The van der Waals surface area contributed by atoms with Gasteiger partial charge in [0.1, 0.15) is 5.75 Å². The lowest BCUT2D eigenvalue weighted by molar-refractivity contribution is -0.128. The van der Waals surface area contributed by atoms with Crippen LogP contribution in [0.3, 0.4) is 0 Å². The summed E-state index contributed by atoms with van der Waals surface area (Å²) < 4.78 is 34.4. The minimum Gasteiger partial charge on any atom is -0.477 e. The van der Waals surface area contributed by atoms with Gasteiger partial charge in [0.25, 0.3) is 5.91 Å². The minimum atomic E-state index is -3.57. The molecule has 41 heavy (non-hydrogen) atoms. The zero-order chi connectivity index (χ0) is 28.7. The summed E-state index contributed by atoms with van der Waals surface area (Å²) in [6, 6.07) is 23.9. The van der Waals surface area contributed by atoms with E-state index in [-0.39, 0.29) is 35.7 Å². The molecule has 1 aliphatic heterocycles. The van der Waals surface area contributed by atoms with Crippen LogP contribution >= 0.6 is 0 Å². The molecule has 1 saturated carbocycles. The summed E-state index contributed by atoms with van der Waals surface area (Å²) in [5, 5.41) is 2.94. The van der Waals surface area contributed by atoms with Gasteiger partial charge in [-0.3, -0.25) is 9.59 Å². The van der Waals surface area contributed by atoms with Crippen molar-refractivity contribution < 1.29 is 22.7 Å². The number of nitrogens with zero attached hydrogens (tertiary/aromatic N) is 1. The number of nitrogens with one attached hydrogen (secondary N) is 2. The Morgan fingerprint density at radius 1 is 0.829 bits per heavy atom. The number of amides is 2. The van der Waals surface area contributed by atoms with Crippen molar-refractivity contribution in [2.75, 3.05) is 18.0 Å². The van der Waals surface area contributed by atoms with Crippen LogP contribution in [0.5, 0.6) is 5.75 Å². The Balaban J connectivity index is 1.18. The maximum atomic E-state index is 13.4. The van der Waals surface area contributed by atoms with E-state index in [1.807, 2.05) is 48.5 Å². The molecule has 3 aromatic carbocycles. The lowest BCUT2D eigenvalue weighted by Gasteiger charge is -2.34. The molecule has 1 unspecified atom stereocenters. The van der Waals surface area contributed by atoms with Crippen LogP contribution in [-0.4, -0.2) is 45.5 Å². The summed E-state index contributed by atoms with van der Waals surface area (Å²) in [5.41, 5.74) is 2.64. The summed E-state index contributed by atoms with van der Waals surface area (Å²) in [4.78, 5) is 28.2. The van der Waals surface area contributed by atoms with Crippen LogP contribution in [-0.2, 0) is 32.5 Å². The largest absolute Gasteiger partial charge is 0.477 e. The first kappa shape index (κ1) is 28.8. The van der Waals surface area contributed by atoms with Crippen molar-refractivity contribution >= 4 is 27.5 Å². The molecule has 0 aromatic heterocycles. The lowest BCUT2D eigenvalue weighted by atomic mass is 9.96. The molecular formula is C32H37N3O5S. The molecule has 2 N–H and O–H groups in total. The summed E-state index contributed by atoms with van der Waals surface area (Å²) in [6.45, 7) is 0.594. The van der Waals surface area contributed by atoms with Gasteiger partial charge in [-0.05, 0) is 61.1 Å². The Morgan fingerprint density at radius 3 is 2.27 bits per heavy atom. The average Bonchev–Trinajstić information content (AvgIpc) is 3.00. The number of ether oxygens (including phenoxy) is 1. The van der Waals surface area contributed by atoms with E-state index in [9.17, 15) is 18.0 Å². The molecule has 1 heterocycles. The number of para-hydroxylation sites is 2. The predicted octanol–water partition coefficient (Wildman–Crippen LogP) is 4.38. The van der Waals surface area contributed by atoms with E-state index in [1.165, 1.54) is 0 Å². The number of hydrogen-bond donors (Lipinski definition) is 2. The van der Waals surface area contributed by atoms with Crippen molar-refractivity contribution in [3.63, 3.8) is 0 Å². The van der Waals surface area contributed by atoms with Crippen LogP contribution in [0.4, 0.5) is 5.69 Å². The molecule has 2 aliphatic rings. The minimum absolute atomic E-state index is 0.00258. The van der Waals surface area contributed by atoms with Gasteiger partial charge in [0.15, 0.2) is 6.10 Å². The van der Waals surface area contributed by atoms with E-state index < -0.39 is 16.1 Å². The zero-order valence-electron chi connectivity index (χ0n) is 23.1. The third kappa shape index (κ3) is 7.54. The highest BCUT2D eigenvalue weighted by atomic mass is 32.2. The van der Waals surface area contributed by atoms with Gasteiger partial charge in [0.05, 0.1) is 17.1 Å². The molecule has 9 heteroatoms. The van der Waals surface area contributed by atoms with E-state index in [2.05, 4.69) is 10.0 Å². The predicted molar refractivity (Wildman–Crippen MR) is 158 cm³/mol. The van der Waals surface area contributed by atoms with E-state index in [0.717, 1.165) is 43.2 Å². The number of carbonyl (C=O) groups excluding carboxylic acids is 2. The Morgan fingerprint density at radius 2 is 1.51 bits per heavy atom. The van der Waals surface area contributed by atoms with Crippen LogP contribution in [0.2, 0.25) is 0 Å². The Labute approximate surface area is 242 Å². The monoisotopic (exact) mass is 575 g/mol. The molecule has 0 radical (unpaired) electrons. The Hall–Kier alpha value is -3.69. The molecule has 3 aromatic rings. The molecule has 0 spiro atoms. The van der Waals surface area contributed by atoms with Gasteiger partial charge in [-0.25, -0.2) is 13.1 Å². The molecule has 1 aliphatic carbocycles. The smallest absolute Gasteiger partial charge is 0.262 e. The van der Waals surface area contributed by atoms with E-state index >= 15 is 0 Å². The molecule has 216 valence electrons. The maximum Gasteiger partial charge on any atom is 0.262 e. The molecular weight excluding hydrogens is 538 g/mol.